The minimum absolute atomic E-state index is 0.188. The van der Waals surface area contributed by atoms with Crippen LogP contribution in [0, 0.1) is 5.82 Å². The molecular weight excluding hydrogens is 300 g/mol. The number of methoxy groups -OCH3 is 1. The molecule has 0 unspecified atom stereocenters. The van der Waals surface area contributed by atoms with E-state index in [9.17, 15) is 8.78 Å². The van der Waals surface area contributed by atoms with E-state index in [2.05, 4.69) is 4.74 Å². The van der Waals surface area contributed by atoms with E-state index < -0.39 is 23.9 Å². The van der Waals surface area contributed by atoms with Gasteiger partial charge in [0.2, 0.25) is 6.86 Å². The summed E-state index contributed by atoms with van der Waals surface area (Å²) in [7, 11) is 2.94. The topological polar surface area (TPSA) is 27.7 Å². The van der Waals surface area contributed by atoms with E-state index in [-0.39, 0.29) is 10.8 Å². The van der Waals surface area contributed by atoms with Crippen molar-refractivity contribution < 1.29 is 22.9 Å². The van der Waals surface area contributed by atoms with Gasteiger partial charge in [-0.05, 0) is 39.2 Å². The van der Waals surface area contributed by atoms with Crippen molar-refractivity contribution in [3.63, 3.8) is 0 Å². The van der Waals surface area contributed by atoms with Crippen LogP contribution in [0.5, 0.6) is 5.75 Å². The van der Waals surface area contributed by atoms with Gasteiger partial charge in [0.25, 0.3) is 0 Å². The zero-order chi connectivity index (χ0) is 16.3. The maximum absolute atomic E-state index is 13.8. The summed E-state index contributed by atoms with van der Waals surface area (Å²) in [6.45, 7) is 6.32. The van der Waals surface area contributed by atoms with Crippen molar-refractivity contribution in [2.24, 2.45) is 0 Å². The lowest BCUT2D eigenvalue weighted by molar-refractivity contribution is -0.114. The van der Waals surface area contributed by atoms with E-state index in [1.165, 1.54) is 19.6 Å². The highest BCUT2D eigenvalue weighted by atomic mass is 35.5. The van der Waals surface area contributed by atoms with Crippen LogP contribution in [0.3, 0.4) is 0 Å². The van der Waals surface area contributed by atoms with Crippen molar-refractivity contribution in [2.45, 2.75) is 38.9 Å². The molecule has 1 aromatic carbocycles. The van der Waals surface area contributed by atoms with Crippen LogP contribution in [0.25, 0.3) is 0 Å². The minimum atomic E-state index is -1.12. The number of ether oxygens (including phenoxy) is 2. The summed E-state index contributed by atoms with van der Waals surface area (Å²) >= 11 is 5.89. The van der Waals surface area contributed by atoms with Crippen molar-refractivity contribution in [2.75, 3.05) is 14.0 Å². The molecule has 3 nitrogen and oxygen atoms in total. The first-order valence-corrected chi connectivity index (χ1v) is 6.77. The molecule has 0 aromatic heterocycles. The number of halogens is 3. The zero-order valence-corrected chi connectivity index (χ0v) is 13.6. The second-order valence-corrected chi connectivity index (χ2v) is 5.87. The summed E-state index contributed by atoms with van der Waals surface area (Å²) in [4.78, 5) is 0. The molecule has 1 rings (SSSR count). The normalized spacial score (nSPS) is 12.4. The third-order valence-electron chi connectivity index (χ3n) is 3.73. The summed E-state index contributed by atoms with van der Waals surface area (Å²) < 4.78 is 41.5. The Morgan fingerprint density at radius 1 is 1.19 bits per heavy atom. The molecule has 0 fully saturated rings. The monoisotopic (exact) mass is 319 g/mol. The van der Waals surface area contributed by atoms with Gasteiger partial charge in [0, 0.05) is 7.11 Å². The van der Waals surface area contributed by atoms with Crippen LogP contribution < -0.4 is 10.2 Å². The number of hydrogen-bond donors (Lipinski definition) is 0. The maximum Gasteiger partial charge on any atom is 0.332 e. The zero-order valence-electron chi connectivity index (χ0n) is 12.8. The van der Waals surface area contributed by atoms with Gasteiger partial charge in [-0.2, -0.15) is 0 Å². The van der Waals surface area contributed by atoms with Gasteiger partial charge in [0.1, 0.15) is 0 Å². The van der Waals surface area contributed by atoms with Gasteiger partial charge in [0.05, 0.1) is 16.2 Å². The Morgan fingerprint density at radius 2 is 1.81 bits per heavy atom. The first kappa shape index (κ1) is 18.2. The first-order valence-electron chi connectivity index (χ1n) is 6.39. The molecule has 21 heavy (non-hydrogen) atoms. The molecule has 0 saturated carbocycles. The fourth-order valence-electron chi connectivity index (χ4n) is 1.41. The van der Waals surface area contributed by atoms with Crippen molar-refractivity contribution in [3.05, 3.63) is 23.0 Å². The SMILES string of the molecule is COC(C)(C)C(C)(C)O[B]c1ccc(OCF)c(F)c1Cl. The third kappa shape index (κ3) is 4.08. The van der Waals surface area contributed by atoms with Crippen LogP contribution in [-0.2, 0) is 9.39 Å². The van der Waals surface area contributed by atoms with Crippen LogP contribution in [0.15, 0.2) is 12.1 Å². The van der Waals surface area contributed by atoms with Gasteiger partial charge in [-0.3, -0.25) is 0 Å². The molecule has 7 heteroatoms. The van der Waals surface area contributed by atoms with Gasteiger partial charge in [-0.25, -0.2) is 8.78 Å². The Bertz CT molecular complexity index is 495. The summed E-state index contributed by atoms with van der Waals surface area (Å²) in [5.41, 5.74) is -0.901. The predicted octanol–water partition coefficient (Wildman–Crippen LogP) is 3.25. The maximum atomic E-state index is 13.8. The van der Waals surface area contributed by atoms with Gasteiger partial charge >= 0.3 is 7.48 Å². The Hall–Kier alpha value is -0.845. The van der Waals surface area contributed by atoms with E-state index in [1.54, 1.807) is 7.11 Å². The molecule has 0 bridgehead atoms. The molecule has 0 spiro atoms. The third-order valence-corrected chi connectivity index (χ3v) is 4.11. The summed E-state index contributed by atoms with van der Waals surface area (Å²) in [6.07, 6.45) is 0. The van der Waals surface area contributed by atoms with Gasteiger partial charge in [-0.1, -0.05) is 17.7 Å². The summed E-state index contributed by atoms with van der Waals surface area (Å²) in [5, 5.41) is -0.188. The second-order valence-electron chi connectivity index (χ2n) is 5.49. The number of rotatable bonds is 7. The number of benzene rings is 1. The lowest BCUT2D eigenvalue weighted by Crippen LogP contribution is -2.50. The highest BCUT2D eigenvalue weighted by Crippen LogP contribution is 2.28. The second kappa shape index (κ2) is 6.94. The fraction of sp³-hybridized carbons (Fsp3) is 0.571. The minimum Gasteiger partial charge on any atom is -0.460 e. The molecule has 1 radical (unpaired) electrons. The average Bonchev–Trinajstić information content (AvgIpc) is 2.43. The van der Waals surface area contributed by atoms with E-state index in [0.717, 1.165) is 0 Å². The van der Waals surface area contributed by atoms with Crippen molar-refractivity contribution >= 4 is 24.5 Å². The Balaban J connectivity index is 2.88. The molecule has 0 aliphatic rings. The Morgan fingerprint density at radius 3 is 2.33 bits per heavy atom. The fourth-order valence-corrected chi connectivity index (χ4v) is 1.61. The van der Waals surface area contributed by atoms with Crippen molar-refractivity contribution in [3.8, 4) is 5.75 Å². The smallest absolute Gasteiger partial charge is 0.332 e. The average molecular weight is 320 g/mol. The molecule has 0 N–H and O–H groups in total. The van der Waals surface area contributed by atoms with E-state index in [0.29, 0.717) is 5.46 Å². The quantitative estimate of drug-likeness (QED) is 0.722. The van der Waals surface area contributed by atoms with Crippen LogP contribution >= 0.6 is 11.6 Å². The molecular formula is C14H19BClF2O3. The molecule has 0 aliphatic heterocycles. The van der Waals surface area contributed by atoms with Crippen LogP contribution in [0.1, 0.15) is 27.7 Å². The molecule has 0 saturated heterocycles. The first-order chi connectivity index (χ1) is 9.66. The van der Waals surface area contributed by atoms with Gasteiger partial charge in [0.15, 0.2) is 11.6 Å². The van der Waals surface area contributed by atoms with Gasteiger partial charge in [-0.15, -0.1) is 0 Å². The number of alkyl halides is 1. The largest absolute Gasteiger partial charge is 0.460 e. The standard InChI is InChI=1S/C14H19BClF2O3/c1-13(2,19-5)14(3,4)21-15-9-6-7-10(20-8-17)12(18)11(9)16/h6-7H,8H2,1-5H3. The van der Waals surface area contributed by atoms with E-state index >= 15 is 0 Å². The molecule has 0 aliphatic carbocycles. The van der Waals surface area contributed by atoms with Crippen LogP contribution in [-0.4, -0.2) is 32.7 Å². The van der Waals surface area contributed by atoms with E-state index in [1.807, 2.05) is 27.7 Å². The Labute approximate surface area is 129 Å². The van der Waals surface area contributed by atoms with Gasteiger partial charge < -0.3 is 14.1 Å². The van der Waals surface area contributed by atoms with Crippen LogP contribution in [0.4, 0.5) is 8.78 Å². The highest BCUT2D eigenvalue weighted by molar-refractivity contribution is 6.53. The van der Waals surface area contributed by atoms with Crippen molar-refractivity contribution in [1.29, 1.82) is 0 Å². The summed E-state index contributed by atoms with van der Waals surface area (Å²) in [6, 6.07) is 2.79. The molecule has 0 atom stereocenters. The number of hydrogen-bond acceptors (Lipinski definition) is 3. The molecule has 1 aromatic rings. The molecule has 0 heterocycles. The lowest BCUT2D eigenvalue weighted by atomic mass is 9.82. The van der Waals surface area contributed by atoms with Crippen LogP contribution in [0.2, 0.25) is 5.02 Å². The highest BCUT2D eigenvalue weighted by Gasteiger charge is 2.38. The summed E-state index contributed by atoms with van der Waals surface area (Å²) in [5.74, 6) is -1.06. The molecule has 0 amide bonds. The van der Waals surface area contributed by atoms with E-state index in [4.69, 9.17) is 21.0 Å². The predicted molar refractivity (Wildman–Crippen MR) is 79.7 cm³/mol. The van der Waals surface area contributed by atoms with Crippen molar-refractivity contribution in [1.82, 2.24) is 0 Å². The molecule has 117 valence electrons. The lowest BCUT2D eigenvalue weighted by Gasteiger charge is -2.40. The Kier molecular flexibility index (Phi) is 6.02.